The first-order chi connectivity index (χ1) is 7.04. The first-order valence-electron chi connectivity index (χ1n) is 3.87. The monoisotopic (exact) mass is 236 g/mol. The third-order valence-corrected chi connectivity index (χ3v) is 1.90. The second kappa shape index (κ2) is 4.93. The fraction of sp³-hybridized carbons (Fsp3) is 0.222. The number of esters is 1. The summed E-state index contributed by atoms with van der Waals surface area (Å²) in [4.78, 5) is 11.1. The van der Waals surface area contributed by atoms with E-state index in [0.29, 0.717) is 0 Å². The van der Waals surface area contributed by atoms with Crippen LogP contribution >= 0.6 is 11.6 Å². The van der Waals surface area contributed by atoms with Gasteiger partial charge in [-0.25, -0.2) is 4.79 Å². The molecule has 6 heteroatoms. The van der Waals surface area contributed by atoms with Gasteiger partial charge in [-0.05, 0) is 18.2 Å². The van der Waals surface area contributed by atoms with Gasteiger partial charge in [0.1, 0.15) is 5.75 Å². The molecule has 82 valence electrons. The molecule has 0 atom stereocenters. The number of hydrogen-bond donors (Lipinski definition) is 0. The van der Waals surface area contributed by atoms with Crippen LogP contribution in [-0.2, 0) is 4.74 Å². The number of hydrogen-bond acceptors (Lipinski definition) is 3. The molecule has 15 heavy (non-hydrogen) atoms. The standard InChI is InChI=1S/C9H7ClF2O3/c1-14-8(13)6-4-5(15-9(11)12)2-3-7(6)10/h2-4,9H,1H3. The highest BCUT2D eigenvalue weighted by atomic mass is 35.5. The molecule has 0 fully saturated rings. The van der Waals surface area contributed by atoms with Crippen molar-refractivity contribution in [1.29, 1.82) is 0 Å². The lowest BCUT2D eigenvalue weighted by molar-refractivity contribution is -0.0499. The number of rotatable bonds is 3. The molecule has 0 bridgehead atoms. The first-order valence-corrected chi connectivity index (χ1v) is 4.25. The van der Waals surface area contributed by atoms with Crippen molar-refractivity contribution in [3.63, 3.8) is 0 Å². The third kappa shape index (κ3) is 3.06. The molecule has 0 spiro atoms. The molecule has 0 aromatic heterocycles. The molecular formula is C9H7ClF2O3. The van der Waals surface area contributed by atoms with Gasteiger partial charge in [-0.3, -0.25) is 0 Å². The lowest BCUT2D eigenvalue weighted by atomic mass is 10.2. The molecule has 0 unspecified atom stereocenters. The Labute approximate surface area is 89.5 Å². The molecular weight excluding hydrogens is 230 g/mol. The predicted molar refractivity (Wildman–Crippen MR) is 49.4 cm³/mol. The van der Waals surface area contributed by atoms with Crippen LogP contribution in [0.5, 0.6) is 5.75 Å². The van der Waals surface area contributed by atoms with Gasteiger partial charge in [-0.1, -0.05) is 11.6 Å². The Hall–Kier alpha value is -1.36. The molecule has 0 heterocycles. The normalized spacial score (nSPS) is 10.2. The van der Waals surface area contributed by atoms with Gasteiger partial charge in [0.15, 0.2) is 0 Å². The van der Waals surface area contributed by atoms with Gasteiger partial charge in [0.05, 0.1) is 17.7 Å². The van der Waals surface area contributed by atoms with E-state index >= 15 is 0 Å². The number of alkyl halides is 2. The van der Waals surface area contributed by atoms with Crippen molar-refractivity contribution >= 4 is 17.6 Å². The van der Waals surface area contributed by atoms with Gasteiger partial charge >= 0.3 is 12.6 Å². The van der Waals surface area contributed by atoms with E-state index < -0.39 is 12.6 Å². The minimum Gasteiger partial charge on any atom is -0.465 e. The summed E-state index contributed by atoms with van der Waals surface area (Å²) in [5.74, 6) is -0.852. The first kappa shape index (κ1) is 11.7. The molecule has 0 N–H and O–H groups in total. The molecule has 1 rings (SSSR count). The maximum atomic E-state index is 11.9. The minimum absolute atomic E-state index is 0.0164. The second-order valence-corrected chi connectivity index (χ2v) is 2.92. The summed E-state index contributed by atoms with van der Waals surface area (Å²) >= 11 is 5.66. The van der Waals surface area contributed by atoms with Gasteiger partial charge in [0, 0.05) is 0 Å². The number of benzene rings is 1. The summed E-state index contributed by atoms with van der Waals surface area (Å²) in [6, 6.07) is 3.62. The second-order valence-electron chi connectivity index (χ2n) is 2.51. The van der Waals surface area contributed by atoms with Crippen molar-refractivity contribution in [3.8, 4) is 5.75 Å². The maximum Gasteiger partial charge on any atom is 0.387 e. The van der Waals surface area contributed by atoms with E-state index in [2.05, 4.69) is 9.47 Å². The number of halogens is 3. The average molecular weight is 237 g/mol. The largest absolute Gasteiger partial charge is 0.465 e. The van der Waals surface area contributed by atoms with E-state index in [9.17, 15) is 13.6 Å². The van der Waals surface area contributed by atoms with Gasteiger partial charge in [-0.15, -0.1) is 0 Å². The van der Waals surface area contributed by atoms with Crippen LogP contribution < -0.4 is 4.74 Å². The van der Waals surface area contributed by atoms with Crippen LogP contribution in [0, 0.1) is 0 Å². The number of ether oxygens (including phenoxy) is 2. The van der Waals surface area contributed by atoms with Crippen molar-refractivity contribution in [3.05, 3.63) is 28.8 Å². The van der Waals surface area contributed by atoms with Crippen molar-refractivity contribution < 1.29 is 23.0 Å². The molecule has 0 aliphatic heterocycles. The van der Waals surface area contributed by atoms with Crippen LogP contribution in [0.3, 0.4) is 0 Å². The number of carbonyl (C=O) groups excluding carboxylic acids is 1. The summed E-state index contributed by atoms with van der Waals surface area (Å²) in [6.07, 6.45) is 0. The minimum atomic E-state index is -2.95. The van der Waals surface area contributed by atoms with Crippen LogP contribution in [0.4, 0.5) is 8.78 Å². The smallest absolute Gasteiger partial charge is 0.387 e. The van der Waals surface area contributed by atoms with Crippen molar-refractivity contribution in [1.82, 2.24) is 0 Å². The lowest BCUT2D eigenvalue weighted by Gasteiger charge is -2.07. The summed E-state index contributed by atoms with van der Waals surface area (Å²) in [5, 5.41) is 0.114. The van der Waals surface area contributed by atoms with Crippen molar-refractivity contribution in [2.45, 2.75) is 6.61 Å². The molecule has 0 amide bonds. The van der Waals surface area contributed by atoms with E-state index in [1.54, 1.807) is 0 Å². The average Bonchev–Trinajstić information content (AvgIpc) is 2.19. The highest BCUT2D eigenvalue weighted by molar-refractivity contribution is 6.33. The topological polar surface area (TPSA) is 35.5 Å². The molecule has 0 saturated heterocycles. The zero-order chi connectivity index (χ0) is 11.4. The fourth-order valence-corrected chi connectivity index (χ4v) is 1.14. The van der Waals surface area contributed by atoms with Crippen LogP contribution in [0.15, 0.2) is 18.2 Å². The van der Waals surface area contributed by atoms with E-state index in [4.69, 9.17) is 11.6 Å². The van der Waals surface area contributed by atoms with E-state index in [1.165, 1.54) is 19.2 Å². The van der Waals surface area contributed by atoms with Gasteiger partial charge in [-0.2, -0.15) is 8.78 Å². The van der Waals surface area contributed by atoms with Crippen LogP contribution in [0.25, 0.3) is 0 Å². The van der Waals surface area contributed by atoms with Crippen molar-refractivity contribution in [2.24, 2.45) is 0 Å². The van der Waals surface area contributed by atoms with Gasteiger partial charge in [0.2, 0.25) is 0 Å². The summed E-state index contributed by atoms with van der Waals surface area (Å²) in [7, 11) is 1.17. The lowest BCUT2D eigenvalue weighted by Crippen LogP contribution is -2.05. The molecule has 1 aromatic rings. The Morgan fingerprint density at radius 1 is 1.47 bits per heavy atom. The molecule has 0 radical (unpaired) electrons. The molecule has 0 aliphatic rings. The van der Waals surface area contributed by atoms with Gasteiger partial charge < -0.3 is 9.47 Å². The maximum absolute atomic E-state index is 11.9. The molecule has 0 saturated carbocycles. The van der Waals surface area contributed by atoms with Crippen LogP contribution in [-0.4, -0.2) is 19.7 Å². The Kier molecular flexibility index (Phi) is 3.85. The Morgan fingerprint density at radius 2 is 2.13 bits per heavy atom. The quantitative estimate of drug-likeness (QED) is 0.757. The highest BCUT2D eigenvalue weighted by Crippen LogP contribution is 2.23. The highest BCUT2D eigenvalue weighted by Gasteiger charge is 2.13. The Morgan fingerprint density at radius 3 is 2.67 bits per heavy atom. The summed E-state index contributed by atoms with van der Waals surface area (Å²) < 4.78 is 32.2. The van der Waals surface area contributed by atoms with Crippen LogP contribution in [0.1, 0.15) is 10.4 Å². The third-order valence-electron chi connectivity index (χ3n) is 1.57. The fourth-order valence-electron chi connectivity index (χ4n) is 0.947. The molecule has 1 aromatic carbocycles. The SMILES string of the molecule is COC(=O)c1cc(OC(F)F)ccc1Cl. The van der Waals surface area contributed by atoms with Crippen LogP contribution in [0.2, 0.25) is 5.02 Å². The Bertz CT molecular complexity index is 368. The number of methoxy groups -OCH3 is 1. The summed E-state index contributed by atoms with van der Waals surface area (Å²) in [6.45, 7) is -2.95. The van der Waals surface area contributed by atoms with Crippen molar-refractivity contribution in [2.75, 3.05) is 7.11 Å². The number of carbonyl (C=O) groups is 1. The Balaban J connectivity index is 3.00. The predicted octanol–water partition coefficient (Wildman–Crippen LogP) is 2.73. The zero-order valence-electron chi connectivity index (χ0n) is 7.67. The van der Waals surface area contributed by atoms with Gasteiger partial charge in [0.25, 0.3) is 0 Å². The molecule has 0 aliphatic carbocycles. The van der Waals surface area contributed by atoms with E-state index in [1.807, 2.05) is 0 Å². The van der Waals surface area contributed by atoms with E-state index in [0.717, 1.165) is 6.07 Å². The molecule has 3 nitrogen and oxygen atoms in total. The zero-order valence-corrected chi connectivity index (χ0v) is 8.42. The van der Waals surface area contributed by atoms with E-state index in [-0.39, 0.29) is 16.3 Å². The summed E-state index contributed by atoms with van der Waals surface area (Å²) in [5.41, 5.74) is -0.0164.